The first-order valence-corrected chi connectivity index (χ1v) is 8.63. The summed E-state index contributed by atoms with van der Waals surface area (Å²) < 4.78 is 31.6. The number of nitrogens with one attached hydrogen (secondary N) is 2. The minimum absolute atomic E-state index is 0.00679. The van der Waals surface area contributed by atoms with Crippen molar-refractivity contribution in [2.45, 2.75) is 19.4 Å². The minimum Gasteiger partial charge on any atom is -0.452 e. The standard InChI is InChI=1S/C19H17ClF2N2O4/c1-11(18(26)24-16-10-14(21)6-7-15(16)22)28-17(25)8-9-23-19(27)12-2-4-13(20)5-3-12/h2-7,10-11H,8-9H2,1H3,(H,23,27)(H,24,26)/t11-/m0/s1. The number of benzene rings is 2. The SMILES string of the molecule is C[C@H](OC(=O)CCNC(=O)c1ccc(Cl)cc1)C(=O)Nc1cc(F)ccc1F. The summed E-state index contributed by atoms with van der Waals surface area (Å²) in [4.78, 5) is 35.6. The van der Waals surface area contributed by atoms with Crippen LogP contribution in [0, 0.1) is 11.6 Å². The average Bonchev–Trinajstić information content (AvgIpc) is 2.65. The summed E-state index contributed by atoms with van der Waals surface area (Å²) in [5.41, 5.74) is 0.0192. The third kappa shape index (κ3) is 6.31. The first kappa shape index (κ1) is 21.3. The topological polar surface area (TPSA) is 84.5 Å². The van der Waals surface area contributed by atoms with Crippen molar-refractivity contribution >= 4 is 35.1 Å². The van der Waals surface area contributed by atoms with Gasteiger partial charge in [-0.25, -0.2) is 8.78 Å². The molecule has 6 nitrogen and oxygen atoms in total. The number of rotatable bonds is 7. The number of hydrogen-bond acceptors (Lipinski definition) is 4. The summed E-state index contributed by atoms with van der Waals surface area (Å²) in [5.74, 6) is -3.49. The lowest BCUT2D eigenvalue weighted by molar-refractivity contribution is -0.153. The van der Waals surface area contributed by atoms with Gasteiger partial charge in [0.15, 0.2) is 6.10 Å². The maximum Gasteiger partial charge on any atom is 0.308 e. The first-order chi connectivity index (χ1) is 13.3. The van der Waals surface area contributed by atoms with Crippen molar-refractivity contribution in [2.75, 3.05) is 11.9 Å². The number of carbonyl (C=O) groups excluding carboxylic acids is 3. The van der Waals surface area contributed by atoms with Crippen molar-refractivity contribution in [3.05, 3.63) is 64.7 Å². The molecule has 0 aliphatic carbocycles. The van der Waals surface area contributed by atoms with E-state index in [0.717, 1.165) is 18.2 Å². The maximum atomic E-state index is 13.5. The first-order valence-electron chi connectivity index (χ1n) is 8.25. The van der Waals surface area contributed by atoms with Gasteiger partial charge in [-0.1, -0.05) is 11.6 Å². The second-order valence-electron chi connectivity index (χ2n) is 5.76. The lowest BCUT2D eigenvalue weighted by Gasteiger charge is -2.14. The van der Waals surface area contributed by atoms with Crippen LogP contribution in [-0.4, -0.2) is 30.4 Å². The Kier molecular flexibility index (Phi) is 7.45. The second-order valence-corrected chi connectivity index (χ2v) is 6.19. The molecule has 0 bridgehead atoms. The highest BCUT2D eigenvalue weighted by molar-refractivity contribution is 6.30. The Hall–Kier alpha value is -3.00. The van der Waals surface area contributed by atoms with Crippen molar-refractivity contribution in [3.63, 3.8) is 0 Å². The van der Waals surface area contributed by atoms with E-state index in [1.54, 1.807) is 12.1 Å². The summed E-state index contributed by atoms with van der Waals surface area (Å²) in [6.45, 7) is 1.28. The van der Waals surface area contributed by atoms with Crippen molar-refractivity contribution < 1.29 is 27.9 Å². The highest BCUT2D eigenvalue weighted by Crippen LogP contribution is 2.16. The summed E-state index contributed by atoms with van der Waals surface area (Å²) in [6, 6.07) is 8.78. The van der Waals surface area contributed by atoms with Crippen LogP contribution in [0.4, 0.5) is 14.5 Å². The molecule has 2 amide bonds. The molecule has 0 aromatic heterocycles. The fourth-order valence-corrected chi connectivity index (χ4v) is 2.24. The summed E-state index contributed by atoms with van der Waals surface area (Å²) in [6.07, 6.45) is -1.41. The van der Waals surface area contributed by atoms with Crippen LogP contribution in [0.5, 0.6) is 0 Å². The zero-order chi connectivity index (χ0) is 20.7. The van der Waals surface area contributed by atoms with Gasteiger partial charge < -0.3 is 15.4 Å². The molecule has 2 aromatic rings. The van der Waals surface area contributed by atoms with Gasteiger partial charge in [-0.15, -0.1) is 0 Å². The Morgan fingerprint density at radius 2 is 1.79 bits per heavy atom. The Labute approximate surface area is 164 Å². The van der Waals surface area contributed by atoms with Crippen molar-refractivity contribution in [1.82, 2.24) is 5.32 Å². The van der Waals surface area contributed by atoms with Crippen LogP contribution in [0.2, 0.25) is 5.02 Å². The fourth-order valence-electron chi connectivity index (χ4n) is 2.12. The van der Waals surface area contributed by atoms with Gasteiger partial charge in [-0.05, 0) is 43.3 Å². The summed E-state index contributed by atoms with van der Waals surface area (Å²) in [7, 11) is 0. The van der Waals surface area contributed by atoms with Gasteiger partial charge in [0, 0.05) is 23.2 Å². The lowest BCUT2D eigenvalue weighted by atomic mass is 10.2. The molecule has 0 radical (unpaired) electrons. The van der Waals surface area contributed by atoms with E-state index in [0.29, 0.717) is 10.6 Å². The van der Waals surface area contributed by atoms with E-state index < -0.39 is 35.5 Å². The molecule has 9 heteroatoms. The molecule has 0 saturated heterocycles. The third-order valence-corrected chi connectivity index (χ3v) is 3.84. The van der Waals surface area contributed by atoms with E-state index in [2.05, 4.69) is 10.6 Å². The average molecular weight is 411 g/mol. The Bertz CT molecular complexity index is 875. The van der Waals surface area contributed by atoms with Crippen LogP contribution >= 0.6 is 11.6 Å². The van der Waals surface area contributed by atoms with Crippen LogP contribution in [0.1, 0.15) is 23.7 Å². The molecule has 0 heterocycles. The Balaban J connectivity index is 1.77. The molecule has 0 spiro atoms. The molecular formula is C19H17ClF2N2O4. The van der Waals surface area contributed by atoms with Gasteiger partial charge in [0.2, 0.25) is 0 Å². The van der Waals surface area contributed by atoms with Crippen LogP contribution in [0.15, 0.2) is 42.5 Å². The smallest absolute Gasteiger partial charge is 0.308 e. The molecule has 0 saturated carbocycles. The maximum absolute atomic E-state index is 13.5. The highest BCUT2D eigenvalue weighted by atomic mass is 35.5. The van der Waals surface area contributed by atoms with Gasteiger partial charge >= 0.3 is 5.97 Å². The quantitative estimate of drug-likeness (QED) is 0.686. The molecule has 0 unspecified atom stereocenters. The minimum atomic E-state index is -1.23. The largest absolute Gasteiger partial charge is 0.452 e. The van der Waals surface area contributed by atoms with E-state index >= 15 is 0 Å². The molecule has 0 fully saturated rings. The predicted molar refractivity (Wildman–Crippen MR) is 98.9 cm³/mol. The molecule has 2 aromatic carbocycles. The van der Waals surface area contributed by atoms with Crippen LogP contribution in [0.3, 0.4) is 0 Å². The van der Waals surface area contributed by atoms with E-state index in [-0.39, 0.29) is 18.7 Å². The fraction of sp³-hybridized carbons (Fsp3) is 0.211. The number of esters is 1. The third-order valence-electron chi connectivity index (χ3n) is 3.58. The number of amides is 2. The van der Waals surface area contributed by atoms with Crippen molar-refractivity contribution in [2.24, 2.45) is 0 Å². The summed E-state index contributed by atoms with van der Waals surface area (Å²) >= 11 is 5.74. The lowest BCUT2D eigenvalue weighted by Crippen LogP contribution is -2.32. The Morgan fingerprint density at radius 1 is 1.11 bits per heavy atom. The predicted octanol–water partition coefficient (Wildman–Crippen LogP) is 3.31. The van der Waals surface area contributed by atoms with E-state index in [1.165, 1.54) is 19.1 Å². The molecular weight excluding hydrogens is 394 g/mol. The van der Waals surface area contributed by atoms with Gasteiger partial charge in [0.05, 0.1) is 12.1 Å². The number of hydrogen-bond donors (Lipinski definition) is 2. The normalized spacial score (nSPS) is 11.4. The van der Waals surface area contributed by atoms with Gasteiger partial charge in [-0.3, -0.25) is 14.4 Å². The molecule has 0 aliphatic heterocycles. The van der Waals surface area contributed by atoms with Crippen LogP contribution < -0.4 is 10.6 Å². The van der Waals surface area contributed by atoms with Crippen molar-refractivity contribution in [3.8, 4) is 0 Å². The number of ether oxygens (including phenoxy) is 1. The van der Waals surface area contributed by atoms with Gasteiger partial charge in [-0.2, -0.15) is 0 Å². The van der Waals surface area contributed by atoms with E-state index in [4.69, 9.17) is 16.3 Å². The molecule has 148 valence electrons. The van der Waals surface area contributed by atoms with Gasteiger partial charge in [0.1, 0.15) is 11.6 Å². The number of anilines is 1. The monoisotopic (exact) mass is 410 g/mol. The zero-order valence-electron chi connectivity index (χ0n) is 14.8. The molecule has 0 aliphatic rings. The summed E-state index contributed by atoms with van der Waals surface area (Å²) in [5, 5.41) is 5.17. The molecule has 1 atom stereocenters. The Morgan fingerprint density at radius 3 is 2.46 bits per heavy atom. The van der Waals surface area contributed by atoms with Gasteiger partial charge in [0.25, 0.3) is 11.8 Å². The van der Waals surface area contributed by atoms with Crippen molar-refractivity contribution in [1.29, 1.82) is 0 Å². The van der Waals surface area contributed by atoms with Crippen LogP contribution in [-0.2, 0) is 14.3 Å². The number of carbonyl (C=O) groups is 3. The van der Waals surface area contributed by atoms with Crippen LogP contribution in [0.25, 0.3) is 0 Å². The second kappa shape index (κ2) is 9.80. The molecule has 28 heavy (non-hydrogen) atoms. The van der Waals surface area contributed by atoms with E-state index in [9.17, 15) is 23.2 Å². The molecule has 2 rings (SSSR count). The highest BCUT2D eigenvalue weighted by Gasteiger charge is 2.19. The zero-order valence-corrected chi connectivity index (χ0v) is 15.6. The molecule has 2 N–H and O–H groups in total. The van der Waals surface area contributed by atoms with E-state index in [1.807, 2.05) is 0 Å². The number of halogens is 3.